The van der Waals surface area contributed by atoms with Gasteiger partial charge >= 0.3 is 5.97 Å². The Labute approximate surface area is 203 Å². The topological polar surface area (TPSA) is 71.0 Å². The van der Waals surface area contributed by atoms with Gasteiger partial charge < -0.3 is 19.9 Å². The van der Waals surface area contributed by atoms with E-state index in [4.69, 9.17) is 9.47 Å². The Hall–Kier alpha value is -2.99. The fourth-order valence-corrected chi connectivity index (χ4v) is 4.27. The van der Waals surface area contributed by atoms with Crippen LogP contribution in [0.2, 0.25) is 0 Å². The van der Waals surface area contributed by atoms with Crippen molar-refractivity contribution >= 4 is 11.7 Å². The number of rotatable bonds is 7. The number of hydrogen-bond acceptors (Lipinski definition) is 6. The van der Waals surface area contributed by atoms with Crippen molar-refractivity contribution < 1.29 is 19.4 Å². The Kier molecular flexibility index (Phi) is 9.40. The minimum Gasteiger partial charge on any atom is -0.508 e. The molecule has 0 radical (unpaired) electrons. The number of hydrogen-bond donors (Lipinski definition) is 2. The number of anilines is 1. The summed E-state index contributed by atoms with van der Waals surface area (Å²) in [7, 11) is 0. The van der Waals surface area contributed by atoms with Gasteiger partial charge in [0.1, 0.15) is 22.9 Å². The highest BCUT2D eigenvalue weighted by Crippen LogP contribution is 2.34. The zero-order chi connectivity index (χ0) is 24.5. The summed E-state index contributed by atoms with van der Waals surface area (Å²) in [5, 5.41) is 13.8. The maximum absolute atomic E-state index is 12.6. The van der Waals surface area contributed by atoms with Gasteiger partial charge in [-0.2, -0.15) is 0 Å². The Bertz CT molecular complexity index is 992. The van der Waals surface area contributed by atoms with E-state index in [0.717, 1.165) is 47.6 Å². The quantitative estimate of drug-likeness (QED) is 0.361. The second-order valence-electron chi connectivity index (χ2n) is 8.92. The number of phenolic OH excluding ortho intramolecular Hbond substituents is 1. The molecular formula is C28H38N2O4. The summed E-state index contributed by atoms with van der Waals surface area (Å²) < 4.78 is 11.6. The zero-order valence-corrected chi connectivity index (χ0v) is 20.9. The molecule has 0 saturated carbocycles. The average molecular weight is 467 g/mol. The molecule has 184 valence electrons. The lowest BCUT2D eigenvalue weighted by Crippen LogP contribution is -2.26. The molecule has 2 aromatic rings. The normalized spacial score (nSPS) is 14.4. The van der Waals surface area contributed by atoms with Crippen molar-refractivity contribution in [3.63, 3.8) is 0 Å². The van der Waals surface area contributed by atoms with Gasteiger partial charge in [-0.1, -0.05) is 32.3 Å². The molecule has 2 N–H and O–H groups in total. The molecule has 0 aromatic heterocycles. The van der Waals surface area contributed by atoms with Crippen molar-refractivity contribution in [2.45, 2.75) is 66.3 Å². The maximum atomic E-state index is 12.6. The van der Waals surface area contributed by atoms with Gasteiger partial charge in [0.25, 0.3) is 0 Å². The number of fused-ring (bicyclic) bond motifs is 7. The highest BCUT2D eigenvalue weighted by molar-refractivity contribution is 5.92. The second kappa shape index (κ2) is 12.5. The summed E-state index contributed by atoms with van der Waals surface area (Å²) in [6, 6.07) is 9.37. The summed E-state index contributed by atoms with van der Waals surface area (Å²) in [5.74, 6) is 1.38. The van der Waals surface area contributed by atoms with Gasteiger partial charge in [-0.15, -0.1) is 0 Å². The minimum absolute atomic E-state index is 0.267. The number of phenols is 1. The van der Waals surface area contributed by atoms with Crippen molar-refractivity contribution in [1.82, 2.24) is 4.90 Å². The first kappa shape index (κ1) is 25.6. The molecule has 0 fully saturated rings. The van der Waals surface area contributed by atoms with Gasteiger partial charge in [-0.25, -0.2) is 4.79 Å². The van der Waals surface area contributed by atoms with Gasteiger partial charge in [-0.05, 0) is 81.6 Å². The third-order valence-corrected chi connectivity index (χ3v) is 6.02. The molecule has 6 heteroatoms. The molecular weight excluding hydrogens is 428 g/mol. The second-order valence-corrected chi connectivity index (χ2v) is 8.92. The van der Waals surface area contributed by atoms with Gasteiger partial charge in [0.2, 0.25) is 0 Å². The van der Waals surface area contributed by atoms with E-state index in [1.165, 1.54) is 19.3 Å². The number of aromatic hydroxyl groups is 1. The first-order chi connectivity index (χ1) is 16.4. The summed E-state index contributed by atoms with van der Waals surface area (Å²) in [6.45, 7) is 10.6. The molecule has 0 amide bonds. The largest absolute Gasteiger partial charge is 0.508 e. The number of aryl methyl sites for hydroxylation is 2. The third kappa shape index (κ3) is 7.00. The number of carbonyl (C=O) groups excluding carboxylic acids is 1. The molecule has 2 aliphatic rings. The van der Waals surface area contributed by atoms with E-state index < -0.39 is 0 Å². The maximum Gasteiger partial charge on any atom is 0.354 e. The molecule has 0 spiro atoms. The standard InChI is InChI=1S/C28H38N2O4/c1-5-7-8-9-14-30-15-10-11-25(28(32)33-6-2)29-23-16-20(3)27(21(4)17-23)34-24-12-13-26(31)22(18-24)19-30/h11-13,16-18,29,31H,5-10,14-15,19H2,1-4H3. The molecule has 0 saturated heterocycles. The number of esters is 1. The Morgan fingerprint density at radius 1 is 1.12 bits per heavy atom. The first-order valence-electron chi connectivity index (χ1n) is 12.4. The lowest BCUT2D eigenvalue weighted by Gasteiger charge is -2.23. The highest BCUT2D eigenvalue weighted by atomic mass is 16.5. The van der Waals surface area contributed by atoms with Gasteiger partial charge in [0.15, 0.2) is 0 Å². The predicted molar refractivity (Wildman–Crippen MR) is 136 cm³/mol. The van der Waals surface area contributed by atoms with E-state index in [1.54, 1.807) is 12.1 Å². The van der Waals surface area contributed by atoms with Crippen LogP contribution in [-0.4, -0.2) is 35.7 Å². The molecule has 0 unspecified atom stereocenters. The molecule has 2 aliphatic heterocycles. The van der Waals surface area contributed by atoms with Crippen LogP contribution in [0.3, 0.4) is 0 Å². The summed E-state index contributed by atoms with van der Waals surface area (Å²) in [6.07, 6.45) is 7.29. The van der Waals surface area contributed by atoms with Crippen LogP contribution in [0.1, 0.15) is 62.6 Å². The minimum atomic E-state index is -0.360. The Morgan fingerprint density at radius 2 is 1.88 bits per heavy atom. The molecule has 2 aromatic carbocycles. The summed E-state index contributed by atoms with van der Waals surface area (Å²) in [4.78, 5) is 15.0. The molecule has 34 heavy (non-hydrogen) atoms. The van der Waals surface area contributed by atoms with Crippen molar-refractivity contribution in [3.8, 4) is 17.2 Å². The highest BCUT2D eigenvalue weighted by Gasteiger charge is 2.16. The molecule has 4 bridgehead atoms. The number of carbonyl (C=O) groups is 1. The van der Waals surface area contributed by atoms with Crippen molar-refractivity contribution in [3.05, 3.63) is 58.8 Å². The van der Waals surface area contributed by atoms with Crippen LogP contribution >= 0.6 is 0 Å². The van der Waals surface area contributed by atoms with Gasteiger partial charge in [0.05, 0.1) is 6.61 Å². The van der Waals surface area contributed by atoms with Crippen LogP contribution in [0.25, 0.3) is 0 Å². The van der Waals surface area contributed by atoms with Crippen LogP contribution in [0, 0.1) is 13.8 Å². The van der Waals surface area contributed by atoms with Crippen molar-refractivity contribution in [1.29, 1.82) is 0 Å². The van der Waals surface area contributed by atoms with Crippen LogP contribution < -0.4 is 10.1 Å². The fourth-order valence-electron chi connectivity index (χ4n) is 4.27. The van der Waals surface area contributed by atoms with Crippen LogP contribution in [0.5, 0.6) is 17.2 Å². The molecule has 0 aliphatic carbocycles. The summed E-state index contributed by atoms with van der Waals surface area (Å²) in [5.41, 5.74) is 4.00. The first-order valence-corrected chi connectivity index (χ1v) is 12.4. The van der Waals surface area contributed by atoms with E-state index >= 15 is 0 Å². The van der Waals surface area contributed by atoms with E-state index in [1.807, 2.05) is 45.0 Å². The number of nitrogens with zero attached hydrogens (tertiary/aromatic N) is 1. The van der Waals surface area contributed by atoms with E-state index in [9.17, 15) is 9.90 Å². The number of unbranched alkanes of at least 4 members (excludes halogenated alkanes) is 3. The van der Waals surface area contributed by atoms with Gasteiger partial charge in [-0.3, -0.25) is 4.90 Å². The molecule has 0 atom stereocenters. The average Bonchev–Trinajstić information content (AvgIpc) is 2.80. The van der Waals surface area contributed by atoms with E-state index in [-0.39, 0.29) is 11.7 Å². The van der Waals surface area contributed by atoms with Crippen molar-refractivity contribution in [2.75, 3.05) is 25.0 Å². The SMILES string of the molecule is CCCCCCN1CCC=C(C(=O)OCC)Nc2cc(C)c(c(C)c2)Oc2ccc(O)c(c2)C1. The Balaban J connectivity index is 1.97. The number of benzene rings is 2. The molecule has 6 nitrogen and oxygen atoms in total. The molecule has 4 rings (SSSR count). The number of ether oxygens (including phenoxy) is 2. The molecule has 2 heterocycles. The van der Waals surface area contributed by atoms with Crippen LogP contribution in [-0.2, 0) is 16.1 Å². The lowest BCUT2D eigenvalue weighted by atomic mass is 10.1. The van der Waals surface area contributed by atoms with E-state index in [2.05, 4.69) is 17.1 Å². The monoisotopic (exact) mass is 466 g/mol. The van der Waals surface area contributed by atoms with Crippen LogP contribution in [0.4, 0.5) is 5.69 Å². The van der Waals surface area contributed by atoms with Crippen LogP contribution in [0.15, 0.2) is 42.1 Å². The van der Waals surface area contributed by atoms with Gasteiger partial charge in [0, 0.05) is 24.3 Å². The smallest absolute Gasteiger partial charge is 0.354 e. The van der Waals surface area contributed by atoms with E-state index in [0.29, 0.717) is 31.0 Å². The third-order valence-electron chi connectivity index (χ3n) is 6.02. The van der Waals surface area contributed by atoms with Crippen molar-refractivity contribution in [2.24, 2.45) is 0 Å². The number of nitrogens with one attached hydrogen (secondary N) is 1. The Morgan fingerprint density at radius 3 is 2.59 bits per heavy atom. The lowest BCUT2D eigenvalue weighted by molar-refractivity contribution is -0.138. The summed E-state index contributed by atoms with van der Waals surface area (Å²) >= 11 is 0. The zero-order valence-electron chi connectivity index (χ0n) is 20.9. The predicted octanol–water partition coefficient (Wildman–Crippen LogP) is 6.45. The fraction of sp³-hybridized carbons (Fsp3) is 0.464.